The molecule has 0 aliphatic heterocycles. The summed E-state index contributed by atoms with van der Waals surface area (Å²) >= 11 is 0. The number of anilines is 1. The summed E-state index contributed by atoms with van der Waals surface area (Å²) in [5.74, 6) is 0.496. The molecule has 132 valence electrons. The van der Waals surface area contributed by atoms with Gasteiger partial charge in [-0.2, -0.15) is 5.10 Å². The smallest absolute Gasteiger partial charge is 0.251 e. The maximum Gasteiger partial charge on any atom is 0.251 e. The van der Waals surface area contributed by atoms with E-state index in [-0.39, 0.29) is 19.1 Å². The van der Waals surface area contributed by atoms with Crippen LogP contribution in [0.25, 0.3) is 11.3 Å². The molecule has 2 aromatic carbocycles. The van der Waals surface area contributed by atoms with E-state index < -0.39 is 0 Å². The number of amides is 1. The quantitative estimate of drug-likeness (QED) is 0.449. The van der Waals surface area contributed by atoms with Crippen LogP contribution in [0.3, 0.4) is 0 Å². The van der Waals surface area contributed by atoms with Crippen molar-refractivity contribution in [3.63, 3.8) is 0 Å². The number of hydrogen-bond acceptors (Lipinski definition) is 6. The van der Waals surface area contributed by atoms with E-state index in [0.717, 1.165) is 16.8 Å². The predicted molar refractivity (Wildman–Crippen MR) is 99.0 cm³/mol. The number of nitrogens with one attached hydrogen (secondary N) is 2. The van der Waals surface area contributed by atoms with Gasteiger partial charge in [-0.15, -0.1) is 0 Å². The van der Waals surface area contributed by atoms with Gasteiger partial charge in [0.1, 0.15) is 0 Å². The van der Waals surface area contributed by atoms with E-state index in [9.17, 15) is 4.79 Å². The van der Waals surface area contributed by atoms with E-state index in [1.54, 1.807) is 36.7 Å². The molecule has 1 amide bonds. The first kappa shape index (κ1) is 17.4. The Labute approximate surface area is 150 Å². The highest BCUT2D eigenvalue weighted by molar-refractivity contribution is 5.95. The molecule has 0 unspecified atom stereocenters. The molecule has 0 bridgehead atoms. The fourth-order valence-electron chi connectivity index (χ4n) is 2.24. The van der Waals surface area contributed by atoms with E-state index in [0.29, 0.717) is 11.3 Å². The fourth-order valence-corrected chi connectivity index (χ4v) is 2.24. The molecule has 0 fully saturated rings. The number of oxazole rings is 1. The highest BCUT2D eigenvalue weighted by atomic mass is 16.3. The number of aromatic nitrogens is 1. The van der Waals surface area contributed by atoms with Crippen molar-refractivity contribution in [2.45, 2.75) is 0 Å². The molecule has 3 rings (SSSR count). The molecule has 7 nitrogen and oxygen atoms in total. The largest absolute Gasteiger partial charge is 0.444 e. The van der Waals surface area contributed by atoms with Crippen LogP contribution in [-0.2, 0) is 0 Å². The maximum atomic E-state index is 11.7. The van der Waals surface area contributed by atoms with Crippen molar-refractivity contribution in [3.8, 4) is 11.3 Å². The number of nitrogens with zero attached hydrogens (tertiary/aromatic N) is 2. The molecular weight excluding hydrogens is 332 g/mol. The third-order valence-corrected chi connectivity index (χ3v) is 3.58. The van der Waals surface area contributed by atoms with Crippen LogP contribution in [0.5, 0.6) is 0 Å². The van der Waals surface area contributed by atoms with Gasteiger partial charge in [0.15, 0.2) is 12.2 Å². The molecule has 0 saturated carbocycles. The molecule has 1 heterocycles. The van der Waals surface area contributed by atoms with Gasteiger partial charge >= 0.3 is 0 Å². The van der Waals surface area contributed by atoms with Gasteiger partial charge in [0, 0.05) is 17.7 Å². The third-order valence-electron chi connectivity index (χ3n) is 3.58. The van der Waals surface area contributed by atoms with Crippen molar-refractivity contribution in [3.05, 3.63) is 72.2 Å². The number of carbonyl (C=O) groups is 1. The summed E-state index contributed by atoms with van der Waals surface area (Å²) in [6.07, 6.45) is 4.72. The molecule has 0 aliphatic rings. The average molecular weight is 350 g/mol. The van der Waals surface area contributed by atoms with Gasteiger partial charge in [-0.1, -0.05) is 12.1 Å². The van der Waals surface area contributed by atoms with Crippen LogP contribution in [-0.4, -0.2) is 35.4 Å². The molecule has 26 heavy (non-hydrogen) atoms. The first-order chi connectivity index (χ1) is 12.8. The van der Waals surface area contributed by atoms with Crippen LogP contribution in [0.4, 0.5) is 5.69 Å². The first-order valence-electron chi connectivity index (χ1n) is 8.03. The molecule has 3 N–H and O–H groups in total. The first-order valence-corrected chi connectivity index (χ1v) is 8.03. The van der Waals surface area contributed by atoms with Crippen molar-refractivity contribution < 1.29 is 14.3 Å². The topological polar surface area (TPSA) is 99.8 Å². The Hall–Kier alpha value is -3.45. The highest BCUT2D eigenvalue weighted by Gasteiger charge is 2.03. The monoisotopic (exact) mass is 350 g/mol. The molecule has 0 saturated heterocycles. The minimum atomic E-state index is -0.215. The second-order valence-electron chi connectivity index (χ2n) is 5.41. The van der Waals surface area contributed by atoms with Crippen molar-refractivity contribution in [2.75, 3.05) is 18.6 Å². The summed E-state index contributed by atoms with van der Waals surface area (Å²) < 4.78 is 5.24. The summed E-state index contributed by atoms with van der Waals surface area (Å²) in [6.45, 7) is 0.155. The number of carbonyl (C=O) groups excluding carboxylic acids is 1. The van der Waals surface area contributed by atoms with E-state index in [4.69, 9.17) is 9.52 Å². The molecule has 0 radical (unpaired) electrons. The van der Waals surface area contributed by atoms with Crippen LogP contribution in [0, 0.1) is 0 Å². The number of aliphatic hydroxyl groups is 1. The number of hydrazone groups is 1. The summed E-state index contributed by atoms with van der Waals surface area (Å²) in [4.78, 5) is 15.6. The van der Waals surface area contributed by atoms with Gasteiger partial charge in [0.2, 0.25) is 0 Å². The van der Waals surface area contributed by atoms with Gasteiger partial charge in [-0.25, -0.2) is 4.98 Å². The van der Waals surface area contributed by atoms with Gasteiger partial charge in [0.05, 0.1) is 24.7 Å². The lowest BCUT2D eigenvalue weighted by Crippen LogP contribution is -2.26. The Balaban J connectivity index is 1.56. The summed E-state index contributed by atoms with van der Waals surface area (Å²) in [7, 11) is 0. The number of benzene rings is 2. The molecule has 0 aliphatic carbocycles. The molecule has 0 spiro atoms. The zero-order valence-corrected chi connectivity index (χ0v) is 13.9. The van der Waals surface area contributed by atoms with Crippen molar-refractivity contribution in [2.24, 2.45) is 5.10 Å². The van der Waals surface area contributed by atoms with Crippen LogP contribution in [0.1, 0.15) is 15.9 Å². The van der Waals surface area contributed by atoms with Gasteiger partial charge in [-0.3, -0.25) is 10.2 Å². The lowest BCUT2D eigenvalue weighted by atomic mass is 10.1. The number of rotatable bonds is 7. The van der Waals surface area contributed by atoms with E-state index in [2.05, 4.69) is 20.8 Å². The Bertz CT molecular complexity index is 857. The van der Waals surface area contributed by atoms with Gasteiger partial charge in [-0.05, 0) is 42.0 Å². The normalized spacial score (nSPS) is 10.8. The average Bonchev–Trinajstić information content (AvgIpc) is 3.22. The Morgan fingerprint density at radius 3 is 2.58 bits per heavy atom. The second-order valence-corrected chi connectivity index (χ2v) is 5.41. The van der Waals surface area contributed by atoms with Crippen molar-refractivity contribution in [1.29, 1.82) is 0 Å². The summed E-state index contributed by atoms with van der Waals surface area (Å²) in [5.41, 5.74) is 6.11. The van der Waals surface area contributed by atoms with Crippen LogP contribution < -0.4 is 10.7 Å². The predicted octanol–water partition coefficient (Wildman–Crippen LogP) is 2.51. The lowest BCUT2D eigenvalue weighted by molar-refractivity contribution is 0.0945. The molecule has 1 aromatic heterocycles. The number of aliphatic hydroxyl groups excluding tert-OH is 1. The van der Waals surface area contributed by atoms with Crippen LogP contribution >= 0.6 is 0 Å². The zero-order valence-electron chi connectivity index (χ0n) is 13.9. The van der Waals surface area contributed by atoms with Crippen molar-refractivity contribution >= 4 is 17.8 Å². The standard InChI is InChI=1S/C19H18N4O3/c24-10-9-21-19(25)16-3-1-14(2-4-16)11-22-23-17-7-5-15(6-8-17)18-12-20-13-26-18/h1-8,11-13,23-24H,9-10H2,(H,21,25). The van der Waals surface area contributed by atoms with E-state index >= 15 is 0 Å². The van der Waals surface area contributed by atoms with Crippen LogP contribution in [0.15, 0.2) is 70.6 Å². The fraction of sp³-hybridized carbons (Fsp3) is 0.105. The molecule has 0 atom stereocenters. The number of hydrogen-bond donors (Lipinski definition) is 3. The Kier molecular flexibility index (Phi) is 5.74. The maximum absolute atomic E-state index is 11.7. The van der Waals surface area contributed by atoms with E-state index in [1.165, 1.54) is 6.39 Å². The highest BCUT2D eigenvalue weighted by Crippen LogP contribution is 2.20. The molecule has 7 heteroatoms. The lowest BCUT2D eigenvalue weighted by Gasteiger charge is -2.03. The molecule has 3 aromatic rings. The Morgan fingerprint density at radius 1 is 1.15 bits per heavy atom. The van der Waals surface area contributed by atoms with Gasteiger partial charge < -0.3 is 14.8 Å². The minimum absolute atomic E-state index is 0.0818. The SMILES string of the molecule is O=C(NCCO)c1ccc(C=NNc2ccc(-c3cnco3)cc2)cc1. The zero-order chi connectivity index (χ0) is 18.2. The van der Waals surface area contributed by atoms with Crippen molar-refractivity contribution in [1.82, 2.24) is 10.3 Å². The minimum Gasteiger partial charge on any atom is -0.444 e. The second kappa shape index (κ2) is 8.59. The third kappa shape index (κ3) is 4.55. The summed E-state index contributed by atoms with van der Waals surface area (Å²) in [5, 5.41) is 15.5. The van der Waals surface area contributed by atoms with Crippen LogP contribution in [0.2, 0.25) is 0 Å². The van der Waals surface area contributed by atoms with E-state index in [1.807, 2.05) is 24.3 Å². The molecular formula is C19H18N4O3. The summed E-state index contributed by atoms with van der Waals surface area (Å²) in [6, 6.07) is 14.6. The Morgan fingerprint density at radius 2 is 1.92 bits per heavy atom. The van der Waals surface area contributed by atoms with Gasteiger partial charge in [0.25, 0.3) is 5.91 Å².